The van der Waals surface area contributed by atoms with Crippen LogP contribution in [0.1, 0.15) is 24.6 Å². The fourth-order valence-electron chi connectivity index (χ4n) is 2.68. The maximum Gasteiger partial charge on any atom is 0.263 e. The summed E-state index contributed by atoms with van der Waals surface area (Å²) < 4.78 is 1.81. The zero-order chi connectivity index (χ0) is 12.7. The van der Waals surface area contributed by atoms with Crippen molar-refractivity contribution < 1.29 is 0 Å². The lowest BCUT2D eigenvalue weighted by molar-refractivity contribution is 0.218. The molecule has 3 heterocycles. The normalized spacial score (nSPS) is 18.6. The highest BCUT2D eigenvalue weighted by Crippen LogP contribution is 2.20. The first-order chi connectivity index (χ1) is 8.65. The molecule has 0 amide bonds. The number of piperidine rings is 1. The van der Waals surface area contributed by atoms with Gasteiger partial charge in [0.15, 0.2) is 0 Å². The van der Waals surface area contributed by atoms with Crippen molar-refractivity contribution in [2.45, 2.75) is 25.8 Å². The summed E-state index contributed by atoms with van der Waals surface area (Å²) in [5, 5.41) is 0.703. The van der Waals surface area contributed by atoms with Crippen molar-refractivity contribution in [2.24, 2.45) is 0 Å². The predicted octanol–water partition coefficient (Wildman–Crippen LogP) is 1.30. The van der Waals surface area contributed by atoms with Gasteiger partial charge in [-0.25, -0.2) is 4.98 Å². The molecule has 0 bridgehead atoms. The first kappa shape index (κ1) is 11.5. The minimum atomic E-state index is 0.0823. The smallest absolute Gasteiger partial charge is 0.263 e. The van der Waals surface area contributed by atoms with Crippen LogP contribution in [0, 0.1) is 6.92 Å². The fraction of sp³-hybridized carbons (Fsp3) is 0.538. The van der Waals surface area contributed by atoms with E-state index in [1.54, 1.807) is 6.33 Å². The van der Waals surface area contributed by atoms with E-state index in [4.69, 9.17) is 0 Å². The van der Waals surface area contributed by atoms with E-state index in [1.165, 1.54) is 0 Å². The maximum absolute atomic E-state index is 12.4. The van der Waals surface area contributed by atoms with E-state index >= 15 is 0 Å². The molecule has 5 nitrogen and oxygen atoms in total. The van der Waals surface area contributed by atoms with E-state index in [2.05, 4.69) is 21.9 Å². The molecule has 0 saturated carbocycles. The van der Waals surface area contributed by atoms with Crippen LogP contribution < -0.4 is 5.56 Å². The number of nitrogens with zero attached hydrogens (tertiary/aromatic N) is 3. The number of hydrogen-bond donors (Lipinski definition) is 1. The van der Waals surface area contributed by atoms with Crippen LogP contribution in [0.2, 0.25) is 0 Å². The Hall–Kier alpha value is -1.62. The molecule has 1 saturated heterocycles. The molecule has 0 aliphatic carbocycles. The summed E-state index contributed by atoms with van der Waals surface area (Å²) in [4.78, 5) is 22.2. The van der Waals surface area contributed by atoms with Crippen molar-refractivity contribution in [3.63, 3.8) is 0 Å². The summed E-state index contributed by atoms with van der Waals surface area (Å²) in [6, 6.07) is 2.18. The molecular formula is C13H18N4O. The Morgan fingerprint density at radius 1 is 1.39 bits per heavy atom. The highest BCUT2D eigenvalue weighted by atomic mass is 16.1. The number of aromatic nitrogens is 3. The first-order valence-electron chi connectivity index (χ1n) is 6.40. The topological polar surface area (TPSA) is 53.9 Å². The van der Waals surface area contributed by atoms with Crippen LogP contribution >= 0.6 is 0 Å². The summed E-state index contributed by atoms with van der Waals surface area (Å²) in [6.07, 6.45) is 3.73. The zero-order valence-corrected chi connectivity index (χ0v) is 10.8. The summed E-state index contributed by atoms with van der Waals surface area (Å²) in [7, 11) is 2.12. The molecule has 0 spiro atoms. The molecule has 2 aromatic heterocycles. The van der Waals surface area contributed by atoms with E-state index in [1.807, 2.05) is 17.6 Å². The number of hydrogen-bond acceptors (Lipinski definition) is 3. The number of rotatable bonds is 1. The van der Waals surface area contributed by atoms with Gasteiger partial charge in [0.1, 0.15) is 12.0 Å². The highest BCUT2D eigenvalue weighted by Gasteiger charge is 2.20. The molecule has 1 fully saturated rings. The molecule has 0 radical (unpaired) electrons. The van der Waals surface area contributed by atoms with Crippen molar-refractivity contribution in [1.29, 1.82) is 0 Å². The minimum absolute atomic E-state index is 0.0823. The second kappa shape index (κ2) is 4.24. The Labute approximate surface area is 105 Å². The third-order valence-corrected chi connectivity index (χ3v) is 3.79. The maximum atomic E-state index is 12.4. The molecule has 2 aromatic rings. The van der Waals surface area contributed by atoms with Crippen LogP contribution in [-0.4, -0.2) is 39.6 Å². The van der Waals surface area contributed by atoms with Crippen LogP contribution in [0.3, 0.4) is 0 Å². The lowest BCUT2D eigenvalue weighted by Crippen LogP contribution is -2.35. The second-order valence-electron chi connectivity index (χ2n) is 5.21. The number of fused-ring (bicyclic) bond motifs is 1. The van der Waals surface area contributed by atoms with Crippen molar-refractivity contribution in [2.75, 3.05) is 20.1 Å². The minimum Gasteiger partial charge on any atom is -0.343 e. The van der Waals surface area contributed by atoms with Crippen molar-refractivity contribution in [3.8, 4) is 0 Å². The molecule has 5 heteroatoms. The van der Waals surface area contributed by atoms with Gasteiger partial charge in [-0.15, -0.1) is 0 Å². The average Bonchev–Trinajstić information content (AvgIpc) is 2.73. The van der Waals surface area contributed by atoms with Gasteiger partial charge < -0.3 is 9.88 Å². The number of aromatic amines is 1. The Bertz CT molecular complexity index is 619. The van der Waals surface area contributed by atoms with E-state index in [9.17, 15) is 4.79 Å². The molecule has 1 N–H and O–H groups in total. The quantitative estimate of drug-likeness (QED) is 0.825. The fourth-order valence-corrected chi connectivity index (χ4v) is 2.68. The third kappa shape index (κ3) is 1.84. The van der Waals surface area contributed by atoms with Crippen LogP contribution in [0.5, 0.6) is 0 Å². The van der Waals surface area contributed by atoms with Gasteiger partial charge in [-0.1, -0.05) is 0 Å². The van der Waals surface area contributed by atoms with Gasteiger partial charge in [-0.2, -0.15) is 0 Å². The standard InChI is InChI=1S/C13H18N4O/c1-9-7-11-12(15-9)14-8-17(13(11)18)10-3-5-16(2)6-4-10/h7-8,10,15H,3-6H2,1-2H3. The lowest BCUT2D eigenvalue weighted by Gasteiger charge is -2.29. The van der Waals surface area contributed by atoms with Gasteiger partial charge in [0.05, 0.1) is 5.39 Å². The first-order valence-corrected chi connectivity index (χ1v) is 6.40. The molecule has 1 aliphatic rings. The van der Waals surface area contributed by atoms with E-state index in [-0.39, 0.29) is 5.56 Å². The average molecular weight is 246 g/mol. The number of H-pyrrole nitrogens is 1. The zero-order valence-electron chi connectivity index (χ0n) is 10.8. The largest absolute Gasteiger partial charge is 0.343 e. The van der Waals surface area contributed by atoms with Gasteiger partial charge in [0, 0.05) is 11.7 Å². The van der Waals surface area contributed by atoms with Crippen LogP contribution in [0.25, 0.3) is 11.0 Å². The van der Waals surface area contributed by atoms with Gasteiger partial charge in [-0.05, 0) is 46.0 Å². The lowest BCUT2D eigenvalue weighted by atomic mass is 10.1. The molecule has 0 aromatic carbocycles. The van der Waals surface area contributed by atoms with Crippen molar-refractivity contribution in [3.05, 3.63) is 28.4 Å². The van der Waals surface area contributed by atoms with E-state index in [0.717, 1.165) is 31.6 Å². The Balaban J connectivity index is 2.02. The number of aryl methyl sites for hydroxylation is 1. The van der Waals surface area contributed by atoms with Crippen molar-refractivity contribution in [1.82, 2.24) is 19.4 Å². The second-order valence-corrected chi connectivity index (χ2v) is 5.21. The van der Waals surface area contributed by atoms with Gasteiger partial charge in [0.25, 0.3) is 5.56 Å². The number of nitrogens with one attached hydrogen (secondary N) is 1. The van der Waals surface area contributed by atoms with Crippen LogP contribution in [0.4, 0.5) is 0 Å². The molecule has 0 atom stereocenters. The molecule has 96 valence electrons. The summed E-state index contributed by atoms with van der Waals surface area (Å²) in [5.41, 5.74) is 1.76. The molecule has 3 rings (SSSR count). The number of likely N-dealkylation sites (tertiary alicyclic amines) is 1. The van der Waals surface area contributed by atoms with Crippen molar-refractivity contribution >= 4 is 11.0 Å². The molecule has 1 aliphatic heterocycles. The molecule has 18 heavy (non-hydrogen) atoms. The predicted molar refractivity (Wildman–Crippen MR) is 70.9 cm³/mol. The SMILES string of the molecule is Cc1cc2c(=O)n(C3CCN(C)CC3)cnc2[nH]1. The highest BCUT2D eigenvalue weighted by molar-refractivity contribution is 5.75. The Kier molecular flexibility index (Phi) is 2.70. The van der Waals surface area contributed by atoms with Gasteiger partial charge >= 0.3 is 0 Å². The van der Waals surface area contributed by atoms with Gasteiger partial charge in [0.2, 0.25) is 0 Å². The molecular weight excluding hydrogens is 228 g/mol. The van der Waals surface area contributed by atoms with Crippen LogP contribution in [-0.2, 0) is 0 Å². The van der Waals surface area contributed by atoms with E-state index in [0.29, 0.717) is 17.1 Å². The Morgan fingerprint density at radius 3 is 2.83 bits per heavy atom. The third-order valence-electron chi connectivity index (χ3n) is 3.79. The van der Waals surface area contributed by atoms with E-state index < -0.39 is 0 Å². The van der Waals surface area contributed by atoms with Crippen LogP contribution in [0.15, 0.2) is 17.2 Å². The van der Waals surface area contributed by atoms with Gasteiger partial charge in [-0.3, -0.25) is 9.36 Å². The summed E-state index contributed by atoms with van der Waals surface area (Å²) in [5.74, 6) is 0. The molecule has 0 unspecified atom stereocenters. The Morgan fingerprint density at radius 2 is 2.11 bits per heavy atom. The monoisotopic (exact) mass is 246 g/mol. The summed E-state index contributed by atoms with van der Waals surface area (Å²) >= 11 is 0. The summed E-state index contributed by atoms with van der Waals surface area (Å²) in [6.45, 7) is 4.03.